The van der Waals surface area contributed by atoms with Crippen molar-refractivity contribution in [1.29, 1.82) is 0 Å². The van der Waals surface area contributed by atoms with E-state index in [0.717, 1.165) is 36.8 Å². The van der Waals surface area contributed by atoms with Crippen molar-refractivity contribution in [3.63, 3.8) is 0 Å². The van der Waals surface area contributed by atoms with Gasteiger partial charge >= 0.3 is 6.09 Å². The largest absolute Gasteiger partial charge is 0.445 e. The molecule has 2 aromatic rings. The van der Waals surface area contributed by atoms with Gasteiger partial charge in [-0.1, -0.05) is 55.5 Å². The molecule has 2 atom stereocenters. The molecule has 1 aliphatic carbocycles. The van der Waals surface area contributed by atoms with E-state index in [9.17, 15) is 9.59 Å². The first-order chi connectivity index (χ1) is 15.2. The molecule has 2 aliphatic rings. The Morgan fingerprint density at radius 3 is 2.61 bits per heavy atom. The van der Waals surface area contributed by atoms with E-state index < -0.39 is 12.1 Å². The fourth-order valence-corrected chi connectivity index (χ4v) is 4.72. The Morgan fingerprint density at radius 2 is 1.84 bits per heavy atom. The van der Waals surface area contributed by atoms with Crippen LogP contribution in [0.4, 0.5) is 4.79 Å². The van der Waals surface area contributed by atoms with Crippen molar-refractivity contribution in [2.24, 2.45) is 0 Å². The van der Waals surface area contributed by atoms with E-state index in [2.05, 4.69) is 30.4 Å². The zero-order valence-electron chi connectivity index (χ0n) is 18.3. The zero-order chi connectivity index (χ0) is 21.6. The molecule has 1 heterocycles. The number of rotatable bonds is 6. The highest BCUT2D eigenvalue weighted by Crippen LogP contribution is 2.27. The maximum Gasteiger partial charge on any atom is 0.410 e. The maximum atomic E-state index is 13.1. The van der Waals surface area contributed by atoms with Gasteiger partial charge in [0.25, 0.3) is 0 Å². The number of carbonyl (C=O) groups excluding carboxylic acids is 2. The summed E-state index contributed by atoms with van der Waals surface area (Å²) in [5, 5.41) is 3.20. The van der Waals surface area contributed by atoms with Crippen LogP contribution in [0.1, 0.15) is 67.3 Å². The van der Waals surface area contributed by atoms with Gasteiger partial charge in [-0.25, -0.2) is 4.79 Å². The van der Waals surface area contributed by atoms with Gasteiger partial charge in [-0.05, 0) is 67.2 Å². The normalized spacial score (nSPS) is 18.9. The molecule has 31 heavy (non-hydrogen) atoms. The van der Waals surface area contributed by atoms with Crippen LogP contribution in [0.15, 0.2) is 48.5 Å². The summed E-state index contributed by atoms with van der Waals surface area (Å²) < 4.78 is 5.48. The molecule has 0 bridgehead atoms. The number of nitrogens with zero attached hydrogens (tertiary/aromatic N) is 1. The number of carbonyl (C=O) groups is 2. The van der Waals surface area contributed by atoms with Crippen molar-refractivity contribution in [1.82, 2.24) is 10.2 Å². The molecule has 1 aliphatic heterocycles. The van der Waals surface area contributed by atoms with Gasteiger partial charge in [0.05, 0.1) is 6.04 Å². The summed E-state index contributed by atoms with van der Waals surface area (Å²) in [6.07, 6.45) is 6.66. The van der Waals surface area contributed by atoms with Crippen LogP contribution in [0.3, 0.4) is 0 Å². The van der Waals surface area contributed by atoms with Crippen LogP contribution in [0, 0.1) is 0 Å². The summed E-state index contributed by atoms with van der Waals surface area (Å²) in [7, 11) is 0. The molecule has 1 saturated heterocycles. The van der Waals surface area contributed by atoms with Crippen molar-refractivity contribution in [2.75, 3.05) is 6.54 Å². The lowest BCUT2D eigenvalue weighted by Crippen LogP contribution is -2.47. The topological polar surface area (TPSA) is 58.6 Å². The number of fused-ring (bicyclic) bond motifs is 1. The van der Waals surface area contributed by atoms with Crippen molar-refractivity contribution in [3.05, 3.63) is 70.8 Å². The van der Waals surface area contributed by atoms with Crippen LogP contribution in [0.25, 0.3) is 0 Å². The first-order valence-electron chi connectivity index (χ1n) is 11.5. The highest BCUT2D eigenvalue weighted by molar-refractivity contribution is 5.86. The number of aryl methyl sites for hydroxylation is 2. The lowest BCUT2D eigenvalue weighted by Gasteiger charge is -2.26. The second-order valence-corrected chi connectivity index (χ2v) is 8.60. The van der Waals surface area contributed by atoms with Gasteiger partial charge < -0.3 is 10.1 Å². The molecule has 1 N–H and O–H groups in total. The Kier molecular flexibility index (Phi) is 6.90. The number of hydrogen-bond donors (Lipinski definition) is 1. The monoisotopic (exact) mass is 420 g/mol. The molecular weight excluding hydrogens is 388 g/mol. The number of ether oxygens (including phenoxy) is 1. The Morgan fingerprint density at radius 1 is 1.06 bits per heavy atom. The summed E-state index contributed by atoms with van der Waals surface area (Å²) in [6.45, 7) is 2.86. The third-order valence-electron chi connectivity index (χ3n) is 6.49. The quantitative estimate of drug-likeness (QED) is 0.721. The van der Waals surface area contributed by atoms with E-state index in [-0.39, 0.29) is 18.6 Å². The van der Waals surface area contributed by atoms with Crippen LogP contribution >= 0.6 is 0 Å². The number of benzene rings is 2. The first kappa shape index (κ1) is 21.4. The Balaban J connectivity index is 1.38. The third kappa shape index (κ3) is 5.09. The van der Waals surface area contributed by atoms with Crippen LogP contribution in [0.5, 0.6) is 0 Å². The van der Waals surface area contributed by atoms with E-state index in [1.807, 2.05) is 30.3 Å². The van der Waals surface area contributed by atoms with Crippen molar-refractivity contribution in [2.45, 2.75) is 70.6 Å². The Labute approximate surface area is 184 Å². The molecule has 164 valence electrons. The summed E-state index contributed by atoms with van der Waals surface area (Å²) in [4.78, 5) is 27.3. The minimum absolute atomic E-state index is 0.0393. The van der Waals surface area contributed by atoms with Gasteiger partial charge in [-0.15, -0.1) is 0 Å². The molecule has 4 rings (SSSR count). The van der Waals surface area contributed by atoms with Crippen LogP contribution in [-0.2, 0) is 29.0 Å². The lowest BCUT2D eigenvalue weighted by atomic mass is 9.88. The van der Waals surface area contributed by atoms with Gasteiger partial charge in [0.15, 0.2) is 0 Å². The van der Waals surface area contributed by atoms with Crippen molar-refractivity contribution >= 4 is 12.0 Å². The molecule has 0 aromatic heterocycles. The Hall–Kier alpha value is -2.82. The molecule has 0 saturated carbocycles. The van der Waals surface area contributed by atoms with Gasteiger partial charge in [0, 0.05) is 6.54 Å². The number of nitrogens with one attached hydrogen (secondary N) is 1. The fourth-order valence-electron chi connectivity index (χ4n) is 4.72. The summed E-state index contributed by atoms with van der Waals surface area (Å²) >= 11 is 0. The van der Waals surface area contributed by atoms with Gasteiger partial charge in [0.1, 0.15) is 12.6 Å². The average Bonchev–Trinajstić information content (AvgIpc) is 3.31. The predicted octanol–water partition coefficient (Wildman–Crippen LogP) is 4.93. The predicted molar refractivity (Wildman–Crippen MR) is 121 cm³/mol. The van der Waals surface area contributed by atoms with Crippen LogP contribution < -0.4 is 5.32 Å². The number of amides is 2. The highest BCUT2D eigenvalue weighted by atomic mass is 16.6. The molecule has 2 unspecified atom stereocenters. The average molecular weight is 421 g/mol. The molecule has 1 fully saturated rings. The minimum Gasteiger partial charge on any atom is -0.445 e. The standard InChI is InChI=1S/C26H32N2O3/c1-2-23(22-15-14-20-11-6-7-12-21(20)17-22)27-25(29)24-13-8-16-28(24)26(30)31-18-19-9-4-3-5-10-19/h3-5,9-10,14-15,17,23-24H,2,6-8,11-13,16,18H2,1H3,(H,27,29). The Bertz CT molecular complexity index is 912. The van der Waals surface area contributed by atoms with E-state index in [1.54, 1.807) is 4.90 Å². The summed E-state index contributed by atoms with van der Waals surface area (Å²) in [5.41, 5.74) is 4.96. The smallest absolute Gasteiger partial charge is 0.410 e. The molecule has 2 amide bonds. The SMILES string of the molecule is CCC(NC(=O)C1CCCN1C(=O)OCc1ccccc1)c1ccc2c(c1)CCCC2. The van der Waals surface area contributed by atoms with E-state index in [0.29, 0.717) is 13.0 Å². The second kappa shape index (κ2) is 9.99. The maximum absolute atomic E-state index is 13.1. The van der Waals surface area contributed by atoms with Crippen LogP contribution in [0.2, 0.25) is 0 Å². The fraction of sp³-hybridized carbons (Fsp3) is 0.462. The molecule has 0 radical (unpaired) electrons. The highest BCUT2D eigenvalue weighted by Gasteiger charge is 2.36. The molecule has 5 heteroatoms. The molecule has 0 spiro atoms. The van der Waals surface area contributed by atoms with Gasteiger partial charge in [0.2, 0.25) is 5.91 Å². The van der Waals surface area contributed by atoms with Crippen molar-refractivity contribution in [3.8, 4) is 0 Å². The minimum atomic E-state index is -0.463. The van der Waals surface area contributed by atoms with Gasteiger partial charge in [-0.2, -0.15) is 0 Å². The zero-order valence-corrected chi connectivity index (χ0v) is 18.3. The molecular formula is C26H32N2O3. The third-order valence-corrected chi connectivity index (χ3v) is 6.49. The van der Waals surface area contributed by atoms with E-state index >= 15 is 0 Å². The molecule has 2 aromatic carbocycles. The second-order valence-electron chi connectivity index (χ2n) is 8.60. The summed E-state index contributed by atoms with van der Waals surface area (Å²) in [6, 6.07) is 15.8. The van der Waals surface area contributed by atoms with E-state index in [1.165, 1.54) is 24.0 Å². The van der Waals surface area contributed by atoms with E-state index in [4.69, 9.17) is 4.74 Å². The van der Waals surface area contributed by atoms with Gasteiger partial charge in [-0.3, -0.25) is 9.69 Å². The lowest BCUT2D eigenvalue weighted by molar-refractivity contribution is -0.126. The molecule has 5 nitrogen and oxygen atoms in total. The first-order valence-corrected chi connectivity index (χ1v) is 11.5. The summed E-state index contributed by atoms with van der Waals surface area (Å²) in [5.74, 6) is -0.0845. The van der Waals surface area contributed by atoms with Crippen molar-refractivity contribution < 1.29 is 14.3 Å². The number of hydrogen-bond acceptors (Lipinski definition) is 3. The number of likely N-dealkylation sites (tertiary alicyclic amines) is 1. The van der Waals surface area contributed by atoms with Crippen LogP contribution in [-0.4, -0.2) is 29.5 Å².